The normalized spacial score (nSPS) is 11.7. The number of aryl methyl sites for hydroxylation is 4. The third-order valence-corrected chi connectivity index (χ3v) is 7.62. The fourth-order valence-electron chi connectivity index (χ4n) is 5.67. The molecule has 0 saturated heterocycles. The molecular weight excluding hydrogens is 455 g/mol. The molecule has 0 spiro atoms. The van der Waals surface area contributed by atoms with Crippen LogP contribution in [0.4, 0.5) is 0 Å². The summed E-state index contributed by atoms with van der Waals surface area (Å²) < 4.78 is 0. The highest BCUT2D eigenvalue weighted by Gasteiger charge is 2.34. The number of fused-ring (bicyclic) bond motifs is 3. The molecule has 0 saturated carbocycles. The van der Waals surface area contributed by atoms with E-state index in [0.717, 1.165) is 0 Å². The van der Waals surface area contributed by atoms with Crippen LogP contribution in [0.1, 0.15) is 34.7 Å². The Kier molecular flexibility index (Phi) is 7.47. The van der Waals surface area contributed by atoms with E-state index in [4.69, 9.17) is 0 Å². The van der Waals surface area contributed by atoms with E-state index >= 15 is 0 Å². The summed E-state index contributed by atoms with van der Waals surface area (Å²) in [6.07, 6.45) is 4.30. The SMILES string of the molecule is C/C=C\c1ccc(B2c3ccccc3-c3cc(-c4ccccc4C)c(C)cc32)cc1C.Cc1ccccc1. The molecule has 186 valence electrons. The summed E-state index contributed by atoms with van der Waals surface area (Å²) in [5.74, 6) is 0. The minimum Gasteiger partial charge on any atom is -0.0871 e. The molecule has 0 atom stereocenters. The van der Waals surface area contributed by atoms with E-state index in [1.165, 1.54) is 66.5 Å². The van der Waals surface area contributed by atoms with Gasteiger partial charge in [0.1, 0.15) is 0 Å². The summed E-state index contributed by atoms with van der Waals surface area (Å²) in [6.45, 7) is 11.1. The van der Waals surface area contributed by atoms with Crippen LogP contribution in [-0.2, 0) is 0 Å². The Bertz CT molecular complexity index is 1610. The van der Waals surface area contributed by atoms with E-state index in [0.29, 0.717) is 0 Å². The quantitative estimate of drug-likeness (QED) is 0.222. The molecule has 0 aliphatic carbocycles. The topological polar surface area (TPSA) is 0 Å². The summed E-state index contributed by atoms with van der Waals surface area (Å²) in [5.41, 5.74) is 16.2. The Morgan fingerprint density at radius 2 is 1.18 bits per heavy atom. The van der Waals surface area contributed by atoms with Gasteiger partial charge in [0.15, 0.2) is 0 Å². The van der Waals surface area contributed by atoms with Gasteiger partial charge < -0.3 is 0 Å². The van der Waals surface area contributed by atoms with Crippen molar-refractivity contribution in [2.75, 3.05) is 0 Å². The van der Waals surface area contributed by atoms with Gasteiger partial charge in [0, 0.05) is 0 Å². The van der Waals surface area contributed by atoms with Gasteiger partial charge in [-0.05, 0) is 85.2 Å². The lowest BCUT2D eigenvalue weighted by Gasteiger charge is -2.16. The van der Waals surface area contributed by atoms with Gasteiger partial charge in [-0.15, -0.1) is 0 Å². The van der Waals surface area contributed by atoms with Gasteiger partial charge in [-0.25, -0.2) is 0 Å². The number of benzene rings is 5. The zero-order valence-electron chi connectivity index (χ0n) is 23.1. The molecule has 1 heterocycles. The fourth-order valence-corrected chi connectivity index (χ4v) is 5.67. The van der Waals surface area contributed by atoms with E-state index in [9.17, 15) is 0 Å². The molecule has 38 heavy (non-hydrogen) atoms. The van der Waals surface area contributed by atoms with Crippen molar-refractivity contribution in [3.8, 4) is 22.3 Å². The highest BCUT2D eigenvalue weighted by atomic mass is 14.2. The number of rotatable bonds is 3. The first kappa shape index (κ1) is 25.6. The van der Waals surface area contributed by atoms with Crippen molar-refractivity contribution < 1.29 is 0 Å². The van der Waals surface area contributed by atoms with E-state index in [1.807, 2.05) is 18.2 Å². The van der Waals surface area contributed by atoms with Crippen molar-refractivity contribution in [1.82, 2.24) is 0 Å². The molecule has 1 aliphatic rings. The maximum absolute atomic E-state index is 2.43. The maximum atomic E-state index is 2.43. The highest BCUT2D eigenvalue weighted by molar-refractivity contribution is 6.99. The van der Waals surface area contributed by atoms with Crippen molar-refractivity contribution in [2.24, 2.45) is 0 Å². The molecule has 0 N–H and O–H groups in total. The standard InChI is InChI=1S/C30H27B.C7H8/c1-5-10-23-15-16-24(17-21(23)3)31-29-14-9-8-13-26(29)28-19-27(22(4)18-30(28)31)25-12-7-6-11-20(25)2;1-7-5-3-2-4-6-7/h5-19H,1-4H3;2-6H,1H3/b10-5-;. The summed E-state index contributed by atoms with van der Waals surface area (Å²) in [4.78, 5) is 0. The van der Waals surface area contributed by atoms with Crippen molar-refractivity contribution in [1.29, 1.82) is 0 Å². The van der Waals surface area contributed by atoms with Crippen LogP contribution in [0.2, 0.25) is 0 Å². The highest BCUT2D eigenvalue weighted by Crippen LogP contribution is 2.32. The lowest BCUT2D eigenvalue weighted by Crippen LogP contribution is -2.49. The number of hydrogen-bond acceptors (Lipinski definition) is 0. The zero-order valence-corrected chi connectivity index (χ0v) is 23.1. The van der Waals surface area contributed by atoms with Crippen molar-refractivity contribution >= 4 is 29.2 Å². The minimum atomic E-state index is 0.286. The zero-order chi connectivity index (χ0) is 26.6. The van der Waals surface area contributed by atoms with Crippen LogP contribution in [0.5, 0.6) is 0 Å². The first-order valence-corrected chi connectivity index (χ1v) is 13.5. The summed E-state index contributed by atoms with van der Waals surface area (Å²) in [7, 11) is 0. The lowest BCUT2D eigenvalue weighted by atomic mass is 9.38. The largest absolute Gasteiger partial charge is 0.242 e. The van der Waals surface area contributed by atoms with Crippen LogP contribution in [0.3, 0.4) is 0 Å². The predicted molar refractivity (Wildman–Crippen MR) is 169 cm³/mol. The van der Waals surface area contributed by atoms with Gasteiger partial charge in [0.05, 0.1) is 0 Å². The van der Waals surface area contributed by atoms with Gasteiger partial charge in [-0.3, -0.25) is 0 Å². The molecule has 0 nitrogen and oxygen atoms in total. The first-order chi connectivity index (χ1) is 18.5. The van der Waals surface area contributed by atoms with Gasteiger partial charge >= 0.3 is 0 Å². The van der Waals surface area contributed by atoms with Gasteiger partial charge in [-0.1, -0.05) is 137 Å². The second-order valence-electron chi connectivity index (χ2n) is 10.4. The average molecular weight is 490 g/mol. The maximum Gasteiger partial charge on any atom is 0.242 e. The van der Waals surface area contributed by atoms with E-state index in [1.54, 1.807) is 0 Å². The Morgan fingerprint density at radius 1 is 0.500 bits per heavy atom. The summed E-state index contributed by atoms with van der Waals surface area (Å²) >= 11 is 0. The molecule has 0 fully saturated rings. The van der Waals surface area contributed by atoms with Gasteiger partial charge in [-0.2, -0.15) is 0 Å². The molecule has 0 bridgehead atoms. The van der Waals surface area contributed by atoms with Crippen molar-refractivity contribution in [3.63, 3.8) is 0 Å². The van der Waals surface area contributed by atoms with Gasteiger partial charge in [0.25, 0.3) is 0 Å². The Balaban J connectivity index is 0.000000366. The Hall–Kier alpha value is -4.10. The van der Waals surface area contributed by atoms with Crippen LogP contribution in [0.15, 0.2) is 115 Å². The van der Waals surface area contributed by atoms with E-state index in [2.05, 4.69) is 138 Å². The second kappa shape index (κ2) is 11.1. The van der Waals surface area contributed by atoms with Crippen LogP contribution in [0.25, 0.3) is 28.3 Å². The number of allylic oxidation sites excluding steroid dienone is 1. The van der Waals surface area contributed by atoms with Gasteiger partial charge in [0.2, 0.25) is 6.71 Å². The summed E-state index contributed by atoms with van der Waals surface area (Å²) in [5, 5.41) is 0. The van der Waals surface area contributed by atoms with E-state index < -0.39 is 0 Å². The van der Waals surface area contributed by atoms with Crippen LogP contribution in [-0.4, -0.2) is 6.71 Å². The molecule has 5 aromatic carbocycles. The first-order valence-electron chi connectivity index (χ1n) is 13.5. The fraction of sp³-hybridized carbons (Fsp3) is 0.135. The lowest BCUT2D eigenvalue weighted by molar-refractivity contribution is 1.42. The van der Waals surface area contributed by atoms with Crippen LogP contribution < -0.4 is 16.4 Å². The van der Waals surface area contributed by atoms with Crippen molar-refractivity contribution in [3.05, 3.63) is 143 Å². The van der Waals surface area contributed by atoms with Crippen molar-refractivity contribution in [2.45, 2.75) is 34.6 Å². The number of hydrogen-bond donors (Lipinski definition) is 0. The molecular formula is C37H35B. The summed E-state index contributed by atoms with van der Waals surface area (Å²) in [6, 6.07) is 39.7. The third-order valence-electron chi connectivity index (χ3n) is 7.62. The van der Waals surface area contributed by atoms with E-state index in [-0.39, 0.29) is 6.71 Å². The van der Waals surface area contributed by atoms with Crippen LogP contribution >= 0.6 is 0 Å². The second-order valence-corrected chi connectivity index (χ2v) is 10.4. The minimum absolute atomic E-state index is 0.286. The molecule has 0 amide bonds. The third kappa shape index (κ3) is 5.02. The molecule has 0 aromatic heterocycles. The Morgan fingerprint density at radius 3 is 1.84 bits per heavy atom. The molecule has 0 unspecified atom stereocenters. The molecule has 0 radical (unpaired) electrons. The average Bonchev–Trinajstić information content (AvgIpc) is 3.24. The molecule has 5 aromatic rings. The predicted octanol–water partition coefficient (Wildman–Crippen LogP) is 7.80. The monoisotopic (exact) mass is 490 g/mol. The van der Waals surface area contributed by atoms with Crippen LogP contribution in [0, 0.1) is 27.7 Å². The molecule has 1 aliphatic heterocycles. The smallest absolute Gasteiger partial charge is 0.0871 e. The Labute approximate surface area is 228 Å². The molecule has 6 rings (SSSR count). The molecule has 1 heteroatoms.